The number of fused-ring (bicyclic) bond motifs is 1. The summed E-state index contributed by atoms with van der Waals surface area (Å²) >= 11 is 0. The number of nitrogens with zero attached hydrogens (tertiary/aromatic N) is 2. The highest BCUT2D eigenvalue weighted by molar-refractivity contribution is 5.89. The number of carbonyl (C=O) groups excluding carboxylic acids is 1. The van der Waals surface area contributed by atoms with Gasteiger partial charge in [-0.3, -0.25) is 4.98 Å². The van der Waals surface area contributed by atoms with Crippen LogP contribution in [0.2, 0.25) is 0 Å². The van der Waals surface area contributed by atoms with Crippen molar-refractivity contribution in [1.82, 2.24) is 4.98 Å². The van der Waals surface area contributed by atoms with Crippen molar-refractivity contribution in [2.45, 2.75) is 25.3 Å². The predicted molar refractivity (Wildman–Crippen MR) is 110 cm³/mol. The number of para-hydroxylation sites is 1. The number of hydrogen-bond donors (Lipinski definition) is 0. The van der Waals surface area contributed by atoms with Crippen LogP contribution >= 0.6 is 0 Å². The summed E-state index contributed by atoms with van der Waals surface area (Å²) in [5.41, 5.74) is 5.64. The first-order valence-electron chi connectivity index (χ1n) is 9.27. The molecule has 2 atom stereocenters. The third-order valence-corrected chi connectivity index (χ3v) is 5.11. The van der Waals surface area contributed by atoms with Gasteiger partial charge in [-0.05, 0) is 35.7 Å². The number of anilines is 1. The van der Waals surface area contributed by atoms with Crippen LogP contribution in [0, 0.1) is 0 Å². The number of aldehydes is 1. The minimum absolute atomic E-state index is 0.277. The first-order valence-corrected chi connectivity index (χ1v) is 9.27. The van der Waals surface area contributed by atoms with Crippen molar-refractivity contribution in [2.24, 2.45) is 0 Å². The molecule has 0 aliphatic carbocycles. The number of allylic oxidation sites excluding steroid dienone is 1. The standard InChI is InChI=1S/C24H22N2O/c1-18-15-24(20-11-13-25-14-12-20)26(23-10-6-5-9-22(18)23)21(17-27)16-19-7-3-2-4-8-19/h2-15,17-18,21H,16H2,1H3/t18?,21-/m0/s1. The van der Waals surface area contributed by atoms with Crippen LogP contribution in [0.3, 0.4) is 0 Å². The Morgan fingerprint density at radius 3 is 2.44 bits per heavy atom. The third kappa shape index (κ3) is 3.41. The molecule has 1 aliphatic heterocycles. The lowest BCUT2D eigenvalue weighted by Gasteiger charge is -2.38. The molecule has 27 heavy (non-hydrogen) atoms. The van der Waals surface area contributed by atoms with E-state index in [1.54, 1.807) is 12.4 Å². The fourth-order valence-electron chi connectivity index (χ4n) is 3.80. The molecule has 0 spiro atoms. The van der Waals surface area contributed by atoms with Crippen molar-refractivity contribution in [3.63, 3.8) is 0 Å². The highest BCUT2D eigenvalue weighted by Crippen LogP contribution is 2.41. The molecule has 0 saturated heterocycles. The molecule has 4 rings (SSSR count). The zero-order valence-electron chi connectivity index (χ0n) is 15.3. The first kappa shape index (κ1) is 17.2. The van der Waals surface area contributed by atoms with Crippen LogP contribution < -0.4 is 4.90 Å². The van der Waals surface area contributed by atoms with E-state index in [1.165, 1.54) is 5.56 Å². The molecule has 0 fully saturated rings. The Bertz CT molecular complexity index is 950. The number of rotatable bonds is 5. The summed E-state index contributed by atoms with van der Waals surface area (Å²) < 4.78 is 0. The predicted octanol–water partition coefficient (Wildman–Crippen LogP) is 4.86. The zero-order chi connectivity index (χ0) is 18.6. The first-order chi connectivity index (χ1) is 13.3. The summed E-state index contributed by atoms with van der Waals surface area (Å²) in [6, 6.07) is 22.3. The molecule has 1 aliphatic rings. The summed E-state index contributed by atoms with van der Waals surface area (Å²) in [7, 11) is 0. The van der Waals surface area contributed by atoms with Gasteiger partial charge in [-0.15, -0.1) is 0 Å². The molecular formula is C24H22N2O. The Labute approximate surface area is 160 Å². The van der Waals surface area contributed by atoms with E-state index in [9.17, 15) is 4.79 Å². The van der Waals surface area contributed by atoms with E-state index in [-0.39, 0.29) is 12.0 Å². The summed E-state index contributed by atoms with van der Waals surface area (Å²) in [6.07, 6.45) is 7.57. The molecule has 0 bridgehead atoms. The molecule has 1 aromatic heterocycles. The fourth-order valence-corrected chi connectivity index (χ4v) is 3.80. The Kier molecular flexibility index (Phi) is 4.84. The number of carbonyl (C=O) groups is 1. The number of aromatic nitrogens is 1. The van der Waals surface area contributed by atoms with Crippen LogP contribution in [0.4, 0.5) is 5.69 Å². The van der Waals surface area contributed by atoms with Gasteiger partial charge in [0.2, 0.25) is 0 Å². The van der Waals surface area contributed by atoms with Gasteiger partial charge in [0.05, 0.1) is 6.04 Å². The third-order valence-electron chi connectivity index (χ3n) is 5.11. The van der Waals surface area contributed by atoms with Gasteiger partial charge >= 0.3 is 0 Å². The maximum absolute atomic E-state index is 12.2. The smallest absolute Gasteiger partial charge is 0.143 e. The molecule has 3 aromatic rings. The van der Waals surface area contributed by atoms with Crippen molar-refractivity contribution in [3.8, 4) is 0 Å². The monoisotopic (exact) mass is 354 g/mol. The lowest BCUT2D eigenvalue weighted by Crippen LogP contribution is -2.39. The second-order valence-corrected chi connectivity index (χ2v) is 6.90. The van der Waals surface area contributed by atoms with Crippen molar-refractivity contribution in [1.29, 1.82) is 0 Å². The van der Waals surface area contributed by atoms with Gasteiger partial charge < -0.3 is 9.69 Å². The van der Waals surface area contributed by atoms with E-state index in [2.05, 4.69) is 53.2 Å². The Morgan fingerprint density at radius 1 is 1.00 bits per heavy atom. The van der Waals surface area contributed by atoms with Crippen LogP contribution in [0.25, 0.3) is 5.70 Å². The zero-order valence-corrected chi connectivity index (χ0v) is 15.3. The lowest BCUT2D eigenvalue weighted by molar-refractivity contribution is -0.108. The maximum Gasteiger partial charge on any atom is 0.143 e. The van der Waals surface area contributed by atoms with E-state index in [0.717, 1.165) is 28.8 Å². The molecule has 0 saturated carbocycles. The maximum atomic E-state index is 12.2. The lowest BCUT2D eigenvalue weighted by atomic mass is 9.89. The highest BCUT2D eigenvalue weighted by atomic mass is 16.1. The number of hydrogen-bond acceptors (Lipinski definition) is 3. The molecule has 2 aromatic carbocycles. The van der Waals surface area contributed by atoms with Crippen molar-refractivity contribution in [2.75, 3.05) is 4.90 Å². The van der Waals surface area contributed by atoms with E-state index >= 15 is 0 Å². The van der Waals surface area contributed by atoms with Crippen molar-refractivity contribution in [3.05, 3.63) is 102 Å². The molecular weight excluding hydrogens is 332 g/mol. The molecule has 0 amide bonds. The summed E-state index contributed by atoms with van der Waals surface area (Å²) in [5, 5.41) is 0. The van der Waals surface area contributed by atoms with Gasteiger partial charge in [0.25, 0.3) is 0 Å². The van der Waals surface area contributed by atoms with Crippen LogP contribution in [0.5, 0.6) is 0 Å². The molecule has 3 nitrogen and oxygen atoms in total. The second kappa shape index (κ2) is 7.58. The number of benzene rings is 2. The second-order valence-electron chi connectivity index (χ2n) is 6.90. The molecule has 0 radical (unpaired) electrons. The van der Waals surface area contributed by atoms with Gasteiger partial charge in [0.15, 0.2) is 0 Å². The quantitative estimate of drug-likeness (QED) is 0.614. The summed E-state index contributed by atoms with van der Waals surface area (Å²) in [5.74, 6) is 0.282. The van der Waals surface area contributed by atoms with Crippen LogP contribution in [-0.4, -0.2) is 17.3 Å². The molecule has 134 valence electrons. The minimum Gasteiger partial charge on any atom is -0.330 e. The van der Waals surface area contributed by atoms with Gasteiger partial charge in [-0.1, -0.05) is 61.5 Å². The van der Waals surface area contributed by atoms with Gasteiger partial charge in [0, 0.05) is 35.3 Å². The molecule has 1 unspecified atom stereocenters. The van der Waals surface area contributed by atoms with Gasteiger partial charge in [-0.2, -0.15) is 0 Å². The average Bonchev–Trinajstić information content (AvgIpc) is 2.74. The average molecular weight is 354 g/mol. The van der Waals surface area contributed by atoms with Crippen LogP contribution in [-0.2, 0) is 11.2 Å². The topological polar surface area (TPSA) is 33.2 Å². The fraction of sp³-hybridized carbons (Fsp3) is 0.167. The normalized spacial score (nSPS) is 17.0. The van der Waals surface area contributed by atoms with E-state index in [0.29, 0.717) is 6.42 Å². The molecule has 0 N–H and O–H groups in total. The Balaban J connectivity index is 1.81. The SMILES string of the molecule is CC1C=C(c2ccncc2)N([C@H](C=O)Cc2ccccc2)c2ccccc21. The van der Waals surface area contributed by atoms with E-state index < -0.39 is 0 Å². The van der Waals surface area contributed by atoms with Crippen LogP contribution in [0.1, 0.15) is 29.5 Å². The largest absolute Gasteiger partial charge is 0.330 e. The number of pyridine rings is 1. The summed E-state index contributed by atoms with van der Waals surface area (Å²) in [4.78, 5) is 18.5. The molecule has 2 heterocycles. The summed E-state index contributed by atoms with van der Waals surface area (Å²) in [6.45, 7) is 2.20. The van der Waals surface area contributed by atoms with Crippen LogP contribution in [0.15, 0.2) is 85.2 Å². The van der Waals surface area contributed by atoms with Gasteiger partial charge in [0.1, 0.15) is 6.29 Å². The van der Waals surface area contributed by atoms with Crippen molar-refractivity contribution < 1.29 is 4.79 Å². The Hall–Kier alpha value is -3.20. The Morgan fingerprint density at radius 2 is 1.70 bits per heavy atom. The van der Waals surface area contributed by atoms with E-state index in [1.807, 2.05) is 36.4 Å². The highest BCUT2D eigenvalue weighted by Gasteiger charge is 2.30. The minimum atomic E-state index is -0.277. The van der Waals surface area contributed by atoms with E-state index in [4.69, 9.17) is 0 Å². The molecule has 3 heteroatoms. The van der Waals surface area contributed by atoms with Gasteiger partial charge in [-0.25, -0.2) is 0 Å². The van der Waals surface area contributed by atoms with Crippen molar-refractivity contribution >= 4 is 17.7 Å².